The molecule has 0 saturated carbocycles. The highest BCUT2D eigenvalue weighted by molar-refractivity contribution is 6.31. The fourth-order valence-corrected chi connectivity index (χ4v) is 3.28. The average Bonchev–Trinajstić information content (AvgIpc) is 2.93. The number of carbonyl (C=O) groups is 5. The van der Waals surface area contributed by atoms with Crippen molar-refractivity contribution in [3.8, 4) is 0 Å². The van der Waals surface area contributed by atoms with Gasteiger partial charge in [0.15, 0.2) is 0 Å². The molecule has 0 aliphatic carbocycles. The minimum absolute atomic E-state index is 0.107. The zero-order valence-electron chi connectivity index (χ0n) is 19.9. The number of carboxylic acid groups (broad SMARTS) is 1. The maximum atomic E-state index is 13.0. The molecule has 0 saturated heterocycles. The van der Waals surface area contributed by atoms with Crippen molar-refractivity contribution in [1.29, 1.82) is 0 Å². The number of nitro groups is 1. The van der Waals surface area contributed by atoms with E-state index in [2.05, 4.69) is 0 Å². The van der Waals surface area contributed by atoms with E-state index in [9.17, 15) is 39.2 Å². The second-order valence-corrected chi connectivity index (χ2v) is 8.62. The van der Waals surface area contributed by atoms with E-state index < -0.39 is 46.9 Å². The van der Waals surface area contributed by atoms with Crippen LogP contribution in [0.3, 0.4) is 0 Å². The van der Waals surface area contributed by atoms with Crippen molar-refractivity contribution in [1.82, 2.24) is 10.9 Å². The number of nitro benzene ring substituents is 1. The molecule has 0 aromatic heterocycles. The van der Waals surface area contributed by atoms with E-state index in [1.807, 2.05) is 10.9 Å². The van der Waals surface area contributed by atoms with Gasteiger partial charge in [-0.15, -0.1) is 0 Å². The molecule has 0 spiro atoms. The Morgan fingerprint density at radius 2 is 1.12 bits per heavy atom. The first-order chi connectivity index (χ1) is 19.0. The number of nitrogens with one attached hydrogen (secondary N) is 2. The van der Waals surface area contributed by atoms with Gasteiger partial charge in [-0.1, -0.05) is 23.2 Å². The fraction of sp³-hybridized carbons (Fsp3) is 0.0800. The Labute approximate surface area is 234 Å². The molecule has 0 aliphatic heterocycles. The van der Waals surface area contributed by atoms with Gasteiger partial charge < -0.3 is 14.6 Å². The maximum Gasteiger partial charge on any atom is 0.349 e. The highest BCUT2D eigenvalue weighted by atomic mass is 35.5. The molecule has 2 amide bonds. The molecular weight excluding hydrogens is 573 g/mol. The van der Waals surface area contributed by atoms with Crippen LogP contribution in [0.4, 0.5) is 5.69 Å². The van der Waals surface area contributed by atoms with Gasteiger partial charge in [0.1, 0.15) is 0 Å². The lowest BCUT2D eigenvalue weighted by Gasteiger charge is -2.23. The standard InChI is InChI=1S/C25H17Cl2N3O10/c26-16-7-1-14(2-8-16)24(35)39-19(20(23(33)34)40-25(36)15-3-9-17(27)10-4-15)22(32)29-28-21(31)13-5-11-18(12-6-13)30(37)38/h1-12,19-20H,(H,28,31)(H,29,32)(H,33,34)/t19-,20+/m0/s1. The summed E-state index contributed by atoms with van der Waals surface area (Å²) in [5.74, 6) is -6.54. The maximum absolute atomic E-state index is 13.0. The number of hydrazine groups is 1. The van der Waals surface area contributed by atoms with Crippen LogP contribution in [-0.4, -0.2) is 52.0 Å². The first-order valence-electron chi connectivity index (χ1n) is 11.0. The van der Waals surface area contributed by atoms with Crippen molar-refractivity contribution in [2.45, 2.75) is 12.2 Å². The number of nitrogens with zero attached hydrogens (tertiary/aromatic N) is 1. The van der Waals surface area contributed by atoms with Crippen molar-refractivity contribution >= 4 is 58.6 Å². The Bertz CT molecular complexity index is 1450. The van der Waals surface area contributed by atoms with E-state index in [1.165, 1.54) is 48.5 Å². The zero-order valence-corrected chi connectivity index (χ0v) is 21.4. The lowest BCUT2D eigenvalue weighted by molar-refractivity contribution is -0.384. The molecule has 0 aliphatic rings. The summed E-state index contributed by atoms with van der Waals surface area (Å²) in [4.78, 5) is 72.8. The van der Waals surface area contributed by atoms with Crippen LogP contribution in [0, 0.1) is 10.1 Å². The van der Waals surface area contributed by atoms with Gasteiger partial charge in [0, 0.05) is 27.7 Å². The molecule has 3 N–H and O–H groups in total. The van der Waals surface area contributed by atoms with Gasteiger partial charge in [-0.05, 0) is 60.7 Å². The molecular formula is C25H17Cl2N3O10. The minimum Gasteiger partial charge on any atom is -0.478 e. The summed E-state index contributed by atoms with van der Waals surface area (Å²) in [6, 6.07) is 14.6. The monoisotopic (exact) mass is 589 g/mol. The molecule has 0 bridgehead atoms. The van der Waals surface area contributed by atoms with Crippen molar-refractivity contribution in [3.05, 3.63) is 110 Å². The number of hydrogen-bond donors (Lipinski definition) is 3. The third-order valence-corrected chi connectivity index (χ3v) is 5.55. The van der Waals surface area contributed by atoms with Crippen LogP contribution < -0.4 is 10.9 Å². The van der Waals surface area contributed by atoms with Crippen molar-refractivity contribution in [2.75, 3.05) is 0 Å². The van der Waals surface area contributed by atoms with Crippen LogP contribution in [0.1, 0.15) is 31.1 Å². The lowest BCUT2D eigenvalue weighted by atomic mass is 10.1. The minimum atomic E-state index is -2.37. The number of carboxylic acids is 1. The van der Waals surface area contributed by atoms with Crippen molar-refractivity contribution < 1.29 is 43.5 Å². The second-order valence-electron chi connectivity index (χ2n) is 7.75. The number of non-ortho nitro benzene ring substituents is 1. The van der Waals surface area contributed by atoms with Gasteiger partial charge >= 0.3 is 17.9 Å². The van der Waals surface area contributed by atoms with Crippen LogP contribution in [0.25, 0.3) is 0 Å². The summed E-state index contributed by atoms with van der Waals surface area (Å²) in [6.45, 7) is 0. The van der Waals surface area contributed by atoms with E-state index in [0.717, 1.165) is 24.3 Å². The van der Waals surface area contributed by atoms with E-state index in [4.69, 9.17) is 32.7 Å². The van der Waals surface area contributed by atoms with Crippen LogP contribution >= 0.6 is 23.2 Å². The van der Waals surface area contributed by atoms with Crippen LogP contribution in [0.15, 0.2) is 72.8 Å². The average molecular weight is 590 g/mol. The summed E-state index contributed by atoms with van der Waals surface area (Å²) in [5.41, 5.74) is 3.23. The van der Waals surface area contributed by atoms with Gasteiger partial charge in [-0.2, -0.15) is 0 Å². The number of halogens is 2. The smallest absolute Gasteiger partial charge is 0.349 e. The number of hydrogen-bond acceptors (Lipinski definition) is 9. The first kappa shape index (κ1) is 29.5. The topological polar surface area (TPSA) is 191 Å². The van der Waals surface area contributed by atoms with Gasteiger partial charge in [0.25, 0.3) is 17.5 Å². The summed E-state index contributed by atoms with van der Waals surface area (Å²) >= 11 is 11.6. The molecule has 3 aromatic rings. The Kier molecular flexibility index (Phi) is 9.73. The number of ether oxygens (including phenoxy) is 2. The number of esters is 2. The van der Waals surface area contributed by atoms with E-state index in [-0.39, 0.29) is 32.4 Å². The normalized spacial score (nSPS) is 11.8. The fourth-order valence-electron chi connectivity index (χ4n) is 3.03. The predicted molar refractivity (Wildman–Crippen MR) is 138 cm³/mol. The van der Waals surface area contributed by atoms with Crippen LogP contribution in [0.5, 0.6) is 0 Å². The zero-order chi connectivity index (χ0) is 29.4. The summed E-state index contributed by atoms with van der Waals surface area (Å²) in [6.07, 6.45) is -4.66. The summed E-state index contributed by atoms with van der Waals surface area (Å²) in [5, 5.41) is 21.1. The molecule has 2 atom stereocenters. The van der Waals surface area contributed by atoms with E-state index >= 15 is 0 Å². The molecule has 40 heavy (non-hydrogen) atoms. The molecule has 3 aromatic carbocycles. The lowest BCUT2D eigenvalue weighted by Crippen LogP contribution is -2.54. The van der Waals surface area contributed by atoms with Gasteiger partial charge in [-0.25, -0.2) is 14.4 Å². The first-order valence-corrected chi connectivity index (χ1v) is 11.7. The third-order valence-electron chi connectivity index (χ3n) is 5.04. The molecule has 0 unspecified atom stereocenters. The number of aliphatic carboxylic acids is 1. The number of benzene rings is 3. The number of carbonyl (C=O) groups excluding carboxylic acids is 4. The Morgan fingerprint density at radius 3 is 1.55 bits per heavy atom. The largest absolute Gasteiger partial charge is 0.478 e. The Hall–Kier alpha value is -5.01. The predicted octanol–water partition coefficient (Wildman–Crippen LogP) is 3.20. The molecule has 0 heterocycles. The summed E-state index contributed by atoms with van der Waals surface area (Å²) in [7, 11) is 0. The van der Waals surface area contributed by atoms with Crippen LogP contribution in [0.2, 0.25) is 10.0 Å². The summed E-state index contributed by atoms with van der Waals surface area (Å²) < 4.78 is 10.1. The Balaban J connectivity index is 1.83. The molecule has 0 radical (unpaired) electrons. The van der Waals surface area contributed by atoms with E-state index in [0.29, 0.717) is 0 Å². The Morgan fingerprint density at radius 1 is 0.700 bits per heavy atom. The SMILES string of the molecule is O=C(NNC(=O)[C@@H](OC(=O)c1ccc(Cl)cc1)[C@@H](OC(=O)c1ccc(Cl)cc1)C(=O)O)c1ccc([N+](=O)[O-])cc1. The van der Waals surface area contributed by atoms with Gasteiger partial charge in [-0.3, -0.25) is 30.6 Å². The molecule has 206 valence electrons. The van der Waals surface area contributed by atoms with Gasteiger partial charge in [0.2, 0.25) is 12.2 Å². The molecule has 13 nitrogen and oxygen atoms in total. The highest BCUT2D eigenvalue weighted by Crippen LogP contribution is 2.17. The van der Waals surface area contributed by atoms with E-state index in [1.54, 1.807) is 0 Å². The van der Waals surface area contributed by atoms with Crippen LogP contribution in [-0.2, 0) is 19.1 Å². The van der Waals surface area contributed by atoms with Crippen molar-refractivity contribution in [3.63, 3.8) is 0 Å². The number of amides is 2. The molecule has 15 heteroatoms. The van der Waals surface area contributed by atoms with Gasteiger partial charge in [0.05, 0.1) is 16.1 Å². The highest BCUT2D eigenvalue weighted by Gasteiger charge is 2.41. The van der Waals surface area contributed by atoms with Crippen molar-refractivity contribution in [2.24, 2.45) is 0 Å². The second kappa shape index (κ2) is 13.2. The number of rotatable bonds is 9. The third kappa shape index (κ3) is 7.75. The molecule has 3 rings (SSSR count). The molecule has 0 fully saturated rings. The quantitative estimate of drug-likeness (QED) is 0.189.